The second-order valence-electron chi connectivity index (χ2n) is 11.6. The number of nitrogens with zero attached hydrogens (tertiary/aromatic N) is 3. The Morgan fingerprint density at radius 3 is 2.50 bits per heavy atom. The number of halogens is 3. The van der Waals surface area contributed by atoms with Gasteiger partial charge in [-0.05, 0) is 97.2 Å². The highest BCUT2D eigenvalue weighted by Gasteiger charge is 2.21. The number of carbonyl (C=O) groups excluding carboxylic acids is 1. The van der Waals surface area contributed by atoms with E-state index in [2.05, 4.69) is 51.5 Å². The van der Waals surface area contributed by atoms with Gasteiger partial charge in [-0.1, -0.05) is 24.6 Å². The van der Waals surface area contributed by atoms with Crippen molar-refractivity contribution < 1.29 is 23.8 Å². The maximum absolute atomic E-state index is 14.7. The lowest BCUT2D eigenvalue weighted by Gasteiger charge is -2.31. The number of aromatic nitrogens is 2. The minimum absolute atomic E-state index is 0.0689. The van der Waals surface area contributed by atoms with Crippen LogP contribution in [0.3, 0.4) is 0 Å². The van der Waals surface area contributed by atoms with E-state index in [-0.39, 0.29) is 30.5 Å². The van der Waals surface area contributed by atoms with E-state index in [1.165, 1.54) is 41.7 Å². The van der Waals surface area contributed by atoms with Crippen molar-refractivity contribution in [2.24, 2.45) is 0 Å². The van der Waals surface area contributed by atoms with Crippen LogP contribution in [0.5, 0.6) is 0 Å². The third-order valence-electron chi connectivity index (χ3n) is 8.47. The number of rotatable bonds is 7. The first-order chi connectivity index (χ1) is 22.2. The molecule has 0 saturated carbocycles. The van der Waals surface area contributed by atoms with Gasteiger partial charge in [-0.2, -0.15) is 0 Å². The number of fused-ring (bicyclic) bond motifs is 2. The number of hydrogen-bond acceptors (Lipinski definition) is 8. The number of hydrogen-bond donors (Lipinski definition) is 4. The van der Waals surface area contributed by atoms with Crippen LogP contribution in [0.25, 0.3) is 22.0 Å². The predicted octanol–water partition coefficient (Wildman–Crippen LogP) is 6.36. The molecule has 0 spiro atoms. The zero-order valence-electron chi connectivity index (χ0n) is 26.5. The summed E-state index contributed by atoms with van der Waals surface area (Å²) < 4.78 is 29.0. The van der Waals surface area contributed by atoms with Crippen LogP contribution >= 0.6 is 11.6 Å². The number of likely N-dealkylation sites (tertiary alicyclic amines) is 1. The van der Waals surface area contributed by atoms with Crippen molar-refractivity contribution in [2.75, 3.05) is 50.5 Å². The van der Waals surface area contributed by atoms with Crippen LogP contribution in [-0.4, -0.2) is 77.3 Å². The normalized spacial score (nSPS) is 16.1. The van der Waals surface area contributed by atoms with E-state index in [0.29, 0.717) is 41.2 Å². The standard InChI is InChI=1S/C22H25F2N5O.C11H13Cl.C2H4O2/c1-25-19-5-3-17(23)20(21(19)24)14-2-4-18-15(12-14)13-26-22(28-18)27-16-6-8-29(9-7-16)10-11-30;1-7-3-4-10-8(2)5-9(12)6-11(7)10;3-1-2-4/h2-5,12-13,16,25,30H,6-11H2,1H3,(H,26,27,28);5-7H,3-4H2,1-2H3;1,4H,2H2. The van der Waals surface area contributed by atoms with Crippen molar-refractivity contribution in [2.45, 2.75) is 51.5 Å². The molecule has 3 aromatic carbocycles. The number of aryl methyl sites for hydroxylation is 1. The number of carbonyl (C=O) groups is 1. The van der Waals surface area contributed by atoms with Crippen LogP contribution < -0.4 is 10.6 Å². The van der Waals surface area contributed by atoms with E-state index in [1.54, 1.807) is 31.4 Å². The lowest BCUT2D eigenvalue weighted by Crippen LogP contribution is -2.40. The number of piperidine rings is 1. The van der Waals surface area contributed by atoms with Gasteiger partial charge in [-0.25, -0.2) is 18.7 Å². The molecule has 0 amide bonds. The molecular formula is C35H42ClF2N5O3. The van der Waals surface area contributed by atoms with Crippen molar-refractivity contribution in [3.63, 3.8) is 0 Å². The minimum atomic E-state index is -0.622. The first-order valence-electron chi connectivity index (χ1n) is 15.5. The van der Waals surface area contributed by atoms with Gasteiger partial charge in [0.05, 0.1) is 30.0 Å². The van der Waals surface area contributed by atoms with Crippen LogP contribution in [0.4, 0.5) is 20.4 Å². The fourth-order valence-electron chi connectivity index (χ4n) is 5.99. The SMILES string of the molecule is CNc1ccc(F)c(-c2ccc3nc(NC4CCN(CCO)CC4)ncc3c2)c1F.Cc1cc(Cl)cc2c1CCC2C.O=CCO. The summed E-state index contributed by atoms with van der Waals surface area (Å²) in [6.07, 6.45) is 6.55. The van der Waals surface area contributed by atoms with E-state index in [9.17, 15) is 8.78 Å². The highest BCUT2D eigenvalue weighted by molar-refractivity contribution is 6.30. The smallest absolute Gasteiger partial charge is 0.223 e. The summed E-state index contributed by atoms with van der Waals surface area (Å²) in [5.41, 5.74) is 5.69. The van der Waals surface area contributed by atoms with Gasteiger partial charge in [-0.3, -0.25) is 0 Å². The molecule has 1 aliphatic carbocycles. The van der Waals surface area contributed by atoms with Gasteiger partial charge in [0.25, 0.3) is 0 Å². The predicted molar refractivity (Wildman–Crippen MR) is 181 cm³/mol. The monoisotopic (exact) mass is 653 g/mol. The number of aliphatic hydroxyl groups excluding tert-OH is 2. The van der Waals surface area contributed by atoms with Crippen molar-refractivity contribution in [3.8, 4) is 11.1 Å². The maximum atomic E-state index is 14.7. The zero-order chi connectivity index (χ0) is 33.2. The quantitative estimate of drug-likeness (QED) is 0.171. The summed E-state index contributed by atoms with van der Waals surface area (Å²) in [4.78, 5) is 20.1. The molecule has 46 heavy (non-hydrogen) atoms. The van der Waals surface area contributed by atoms with Crippen molar-refractivity contribution in [1.29, 1.82) is 0 Å². The number of β-amino-alcohol motifs (C(OH)–C–C–N with tert-alkyl or cyclic N) is 1. The van der Waals surface area contributed by atoms with Crippen molar-refractivity contribution in [1.82, 2.24) is 14.9 Å². The van der Waals surface area contributed by atoms with Crippen LogP contribution in [0, 0.1) is 18.6 Å². The minimum Gasteiger partial charge on any atom is -0.395 e. The van der Waals surface area contributed by atoms with Gasteiger partial charge in [0.1, 0.15) is 12.1 Å². The van der Waals surface area contributed by atoms with Crippen LogP contribution in [0.1, 0.15) is 48.8 Å². The first kappa shape index (κ1) is 35.2. The first-order valence-corrected chi connectivity index (χ1v) is 15.9. The van der Waals surface area contributed by atoms with Gasteiger partial charge >= 0.3 is 0 Å². The molecule has 246 valence electrons. The molecule has 2 heterocycles. The molecule has 1 unspecified atom stereocenters. The molecule has 0 bridgehead atoms. The molecule has 1 aromatic heterocycles. The molecule has 1 aliphatic heterocycles. The second-order valence-corrected chi connectivity index (χ2v) is 12.0. The Morgan fingerprint density at radius 1 is 1.09 bits per heavy atom. The number of aliphatic hydroxyl groups is 2. The Bertz CT molecular complexity index is 1630. The maximum Gasteiger partial charge on any atom is 0.223 e. The molecule has 4 N–H and O–H groups in total. The summed E-state index contributed by atoms with van der Waals surface area (Å²) in [5, 5.41) is 24.3. The molecule has 11 heteroatoms. The molecule has 6 rings (SSSR count). The molecule has 1 atom stereocenters. The van der Waals surface area contributed by atoms with E-state index < -0.39 is 11.6 Å². The molecule has 4 aromatic rings. The Morgan fingerprint density at radius 2 is 1.83 bits per heavy atom. The second kappa shape index (κ2) is 16.7. The van der Waals surface area contributed by atoms with Crippen LogP contribution in [-0.2, 0) is 11.2 Å². The summed E-state index contributed by atoms with van der Waals surface area (Å²) in [7, 11) is 1.60. The number of aldehydes is 1. The van der Waals surface area contributed by atoms with E-state index in [0.717, 1.165) is 31.0 Å². The number of benzene rings is 3. The molecule has 8 nitrogen and oxygen atoms in total. The average Bonchev–Trinajstić information content (AvgIpc) is 3.43. The molecule has 0 radical (unpaired) electrons. The molecule has 1 fully saturated rings. The van der Waals surface area contributed by atoms with E-state index in [1.807, 2.05) is 0 Å². The Hall–Kier alpha value is -3.70. The third kappa shape index (κ3) is 8.76. The molecule has 1 saturated heterocycles. The van der Waals surface area contributed by atoms with E-state index in [4.69, 9.17) is 26.6 Å². The number of anilines is 2. The Balaban J connectivity index is 0.000000247. The highest BCUT2D eigenvalue weighted by Crippen LogP contribution is 2.36. The molecule has 2 aliphatic rings. The van der Waals surface area contributed by atoms with Crippen LogP contribution in [0.15, 0.2) is 48.7 Å². The lowest BCUT2D eigenvalue weighted by molar-refractivity contribution is -0.110. The van der Waals surface area contributed by atoms with Crippen LogP contribution in [0.2, 0.25) is 5.02 Å². The third-order valence-corrected chi connectivity index (χ3v) is 8.69. The fraction of sp³-hybridized carbons (Fsp3) is 0.400. The summed E-state index contributed by atoms with van der Waals surface area (Å²) in [6.45, 7) is 6.82. The Labute approximate surface area is 273 Å². The van der Waals surface area contributed by atoms with E-state index >= 15 is 0 Å². The lowest BCUT2D eigenvalue weighted by atomic mass is 10.0. The topological polar surface area (TPSA) is 111 Å². The van der Waals surface area contributed by atoms with Crippen molar-refractivity contribution >= 4 is 40.4 Å². The summed E-state index contributed by atoms with van der Waals surface area (Å²) in [6, 6.07) is 12.2. The van der Waals surface area contributed by atoms with Crippen molar-refractivity contribution in [3.05, 3.63) is 82.0 Å². The Kier molecular flexibility index (Phi) is 12.8. The number of nitrogens with one attached hydrogen (secondary N) is 2. The van der Waals surface area contributed by atoms with Gasteiger partial charge in [-0.15, -0.1) is 0 Å². The fourth-order valence-corrected chi connectivity index (χ4v) is 6.27. The highest BCUT2D eigenvalue weighted by atomic mass is 35.5. The average molecular weight is 654 g/mol. The summed E-state index contributed by atoms with van der Waals surface area (Å²) in [5.74, 6) is 0.0176. The van der Waals surface area contributed by atoms with Gasteiger partial charge in [0, 0.05) is 49.3 Å². The summed E-state index contributed by atoms with van der Waals surface area (Å²) >= 11 is 5.99. The van der Waals surface area contributed by atoms with Gasteiger partial charge in [0.2, 0.25) is 5.95 Å². The molecular weight excluding hydrogens is 612 g/mol. The van der Waals surface area contributed by atoms with Gasteiger partial charge in [0.15, 0.2) is 5.82 Å². The zero-order valence-corrected chi connectivity index (χ0v) is 27.2. The van der Waals surface area contributed by atoms with Gasteiger partial charge < -0.3 is 30.5 Å². The largest absolute Gasteiger partial charge is 0.395 e.